The largest absolute Gasteiger partial charge is 0.483 e. The summed E-state index contributed by atoms with van der Waals surface area (Å²) in [6.07, 6.45) is 4.07. The van der Waals surface area contributed by atoms with Gasteiger partial charge in [-0.1, -0.05) is 75.2 Å². The lowest BCUT2D eigenvalue weighted by atomic mass is 9.79. The molecule has 49 heavy (non-hydrogen) atoms. The third-order valence-corrected chi connectivity index (χ3v) is 11.7. The van der Waals surface area contributed by atoms with Crippen LogP contribution in [0.25, 0.3) is 0 Å². The van der Waals surface area contributed by atoms with E-state index in [2.05, 4.69) is 10.6 Å². The molecule has 3 amide bonds. The van der Waals surface area contributed by atoms with E-state index in [9.17, 15) is 23.7 Å². The Kier molecular flexibility index (Phi) is 13.6. The third kappa shape index (κ3) is 9.16. The summed E-state index contributed by atoms with van der Waals surface area (Å²) in [4.78, 5) is 57.8. The number of fused-ring (bicyclic) bond motifs is 1. The Balaban J connectivity index is 1.62. The lowest BCUT2D eigenvalue weighted by Gasteiger charge is -2.33. The van der Waals surface area contributed by atoms with Crippen LogP contribution in [0.3, 0.4) is 0 Å². The van der Waals surface area contributed by atoms with Crippen LogP contribution in [0.1, 0.15) is 58.1 Å². The highest BCUT2D eigenvalue weighted by Crippen LogP contribution is 2.51. The highest BCUT2D eigenvalue weighted by Gasteiger charge is 2.49. The predicted octanol–water partition coefficient (Wildman–Crippen LogP) is 7.55. The molecule has 3 atom stereocenters. The summed E-state index contributed by atoms with van der Waals surface area (Å²) in [6, 6.07) is 20.5. The van der Waals surface area contributed by atoms with Gasteiger partial charge >= 0.3 is 0 Å². The van der Waals surface area contributed by atoms with Gasteiger partial charge in [0, 0.05) is 17.2 Å². The molecule has 0 saturated carbocycles. The van der Waals surface area contributed by atoms with Crippen molar-refractivity contribution in [1.82, 2.24) is 10.6 Å². The van der Waals surface area contributed by atoms with E-state index in [1.54, 1.807) is 48.2 Å². The smallest absolute Gasteiger partial charge is 0.258 e. The summed E-state index contributed by atoms with van der Waals surface area (Å²) in [5.74, 6) is -0.995. The first-order valence-electron chi connectivity index (χ1n) is 16.3. The van der Waals surface area contributed by atoms with Crippen molar-refractivity contribution in [1.29, 1.82) is 0 Å². The first-order valence-corrected chi connectivity index (χ1v) is 20.6. The SMILES string of the molecule is CCCCC1(CC)C(=O)Sc2cc(OCC(=O)NC(C(=O)NCP(C)(=O)OCC)c3ccccc3)c(SC)cc2N(c2ccccc2)C1=O. The second kappa shape index (κ2) is 17.4. The number of hydrogen-bond donors (Lipinski definition) is 2. The molecule has 2 N–H and O–H groups in total. The maximum atomic E-state index is 14.4. The summed E-state index contributed by atoms with van der Waals surface area (Å²) in [5.41, 5.74) is 0.568. The molecule has 0 fully saturated rings. The minimum Gasteiger partial charge on any atom is -0.483 e. The van der Waals surface area contributed by atoms with Gasteiger partial charge < -0.3 is 19.9 Å². The molecule has 1 aliphatic rings. The first kappa shape index (κ1) is 38.2. The molecular weight excluding hydrogens is 682 g/mol. The van der Waals surface area contributed by atoms with Gasteiger partial charge in [-0.25, -0.2) is 0 Å². The molecule has 3 unspecified atom stereocenters. The Labute approximate surface area is 296 Å². The maximum absolute atomic E-state index is 14.4. The van der Waals surface area contributed by atoms with Crippen LogP contribution in [0.5, 0.6) is 5.75 Å². The van der Waals surface area contributed by atoms with E-state index in [0.717, 1.165) is 24.6 Å². The monoisotopic (exact) mass is 725 g/mol. The number of para-hydroxylation sites is 1. The van der Waals surface area contributed by atoms with Crippen molar-refractivity contribution in [2.24, 2.45) is 5.41 Å². The van der Waals surface area contributed by atoms with Crippen molar-refractivity contribution in [3.8, 4) is 5.75 Å². The summed E-state index contributed by atoms with van der Waals surface area (Å²) in [6.45, 7) is 6.90. The number of amides is 3. The van der Waals surface area contributed by atoms with Crippen molar-refractivity contribution in [2.45, 2.75) is 62.3 Å². The summed E-state index contributed by atoms with van der Waals surface area (Å²) >= 11 is 2.41. The molecule has 10 nitrogen and oxygen atoms in total. The molecule has 0 radical (unpaired) electrons. The average Bonchev–Trinajstić information content (AvgIpc) is 3.18. The van der Waals surface area contributed by atoms with Gasteiger partial charge in [0.05, 0.1) is 23.5 Å². The number of carbonyl (C=O) groups excluding carboxylic acids is 4. The number of nitrogens with one attached hydrogen (secondary N) is 2. The van der Waals surface area contributed by atoms with Crippen molar-refractivity contribution in [3.05, 3.63) is 78.4 Å². The Morgan fingerprint density at radius 3 is 2.31 bits per heavy atom. The summed E-state index contributed by atoms with van der Waals surface area (Å²) < 4.78 is 23.9. The van der Waals surface area contributed by atoms with E-state index in [1.165, 1.54) is 18.4 Å². The minimum absolute atomic E-state index is 0.182. The number of anilines is 2. The molecule has 0 spiro atoms. The van der Waals surface area contributed by atoms with E-state index >= 15 is 0 Å². The Morgan fingerprint density at radius 1 is 1.02 bits per heavy atom. The topological polar surface area (TPSA) is 131 Å². The van der Waals surface area contributed by atoms with Gasteiger partial charge in [-0.15, -0.1) is 11.8 Å². The van der Waals surface area contributed by atoms with Crippen LogP contribution in [-0.2, 0) is 28.3 Å². The van der Waals surface area contributed by atoms with Crippen LogP contribution in [0.2, 0.25) is 0 Å². The molecule has 0 saturated heterocycles. The fourth-order valence-corrected chi connectivity index (χ4v) is 8.37. The molecule has 13 heteroatoms. The highest BCUT2D eigenvalue weighted by molar-refractivity contribution is 8.14. The van der Waals surface area contributed by atoms with Gasteiger partial charge in [-0.05, 0) is 67.6 Å². The number of hydrogen-bond acceptors (Lipinski definition) is 9. The van der Waals surface area contributed by atoms with Gasteiger partial charge in [0.15, 0.2) is 6.61 Å². The van der Waals surface area contributed by atoms with Crippen molar-refractivity contribution < 1.29 is 33.0 Å². The molecule has 0 aromatic heterocycles. The molecular formula is C36H44N3O7PS2. The van der Waals surface area contributed by atoms with Gasteiger partial charge in [-0.2, -0.15) is 0 Å². The van der Waals surface area contributed by atoms with E-state index < -0.39 is 37.2 Å². The Morgan fingerprint density at radius 2 is 1.69 bits per heavy atom. The van der Waals surface area contributed by atoms with Crippen LogP contribution >= 0.6 is 30.9 Å². The van der Waals surface area contributed by atoms with E-state index in [1.807, 2.05) is 56.5 Å². The van der Waals surface area contributed by atoms with Crippen LogP contribution in [0.15, 0.2) is 82.6 Å². The number of rotatable bonds is 16. The molecule has 0 bridgehead atoms. The fraction of sp³-hybridized carbons (Fsp3) is 0.389. The lowest BCUT2D eigenvalue weighted by Crippen LogP contribution is -2.44. The Hall–Kier alpha value is -3.57. The van der Waals surface area contributed by atoms with Gasteiger partial charge in [0.2, 0.25) is 24.3 Å². The van der Waals surface area contributed by atoms with E-state index in [-0.39, 0.29) is 23.9 Å². The quantitative estimate of drug-likeness (QED) is 0.0874. The molecule has 3 aromatic carbocycles. The zero-order chi connectivity index (χ0) is 35.6. The lowest BCUT2D eigenvalue weighted by molar-refractivity contribution is -0.136. The number of benzene rings is 3. The zero-order valence-corrected chi connectivity index (χ0v) is 31.1. The number of ether oxygens (including phenoxy) is 1. The van der Waals surface area contributed by atoms with Crippen LogP contribution in [0, 0.1) is 5.41 Å². The third-order valence-electron chi connectivity index (χ3n) is 8.27. The second-order valence-corrected chi connectivity index (χ2v) is 16.2. The molecule has 0 aliphatic carbocycles. The summed E-state index contributed by atoms with van der Waals surface area (Å²) in [5, 5.41) is 5.16. The van der Waals surface area contributed by atoms with Crippen LogP contribution < -0.4 is 20.3 Å². The van der Waals surface area contributed by atoms with E-state index in [4.69, 9.17) is 9.26 Å². The normalized spacial score (nSPS) is 17.8. The van der Waals surface area contributed by atoms with Crippen LogP contribution in [0.4, 0.5) is 11.4 Å². The van der Waals surface area contributed by atoms with E-state index in [0.29, 0.717) is 45.3 Å². The Bertz CT molecular complexity index is 1690. The number of unbranched alkanes of at least 4 members (excludes halogenated alkanes) is 1. The van der Waals surface area contributed by atoms with Crippen molar-refractivity contribution in [2.75, 3.05) is 37.3 Å². The minimum atomic E-state index is -3.06. The van der Waals surface area contributed by atoms with Gasteiger partial charge in [0.1, 0.15) is 17.2 Å². The standard InChI is InChI=1S/C36H44N3O7PS2/c1-6-9-20-36(7-2)34(42)39(26-18-14-11-15-19-26)27-21-30(48-5)28(22-29(27)49-35(36)43)45-23-31(40)38-32(25-16-12-10-13-17-25)33(41)37-24-47(4,44)46-8-3/h10-19,21-22,32H,6-9,20,23-24H2,1-5H3,(H,37,41)(H,38,40). The highest BCUT2D eigenvalue weighted by atomic mass is 32.2. The molecule has 3 aromatic rings. The molecule has 262 valence electrons. The first-order chi connectivity index (χ1) is 23.5. The van der Waals surface area contributed by atoms with Gasteiger partial charge in [0.25, 0.3) is 5.91 Å². The zero-order valence-electron chi connectivity index (χ0n) is 28.5. The number of thioether (sulfide) groups is 2. The average molecular weight is 726 g/mol. The number of carbonyl (C=O) groups is 4. The molecule has 4 rings (SSSR count). The molecule has 1 heterocycles. The maximum Gasteiger partial charge on any atom is 0.258 e. The molecule has 1 aliphatic heterocycles. The predicted molar refractivity (Wildman–Crippen MR) is 196 cm³/mol. The number of nitrogens with zero attached hydrogens (tertiary/aromatic N) is 1. The van der Waals surface area contributed by atoms with Gasteiger partial charge in [-0.3, -0.25) is 28.6 Å². The summed E-state index contributed by atoms with van der Waals surface area (Å²) in [7, 11) is -3.06. The fourth-order valence-electron chi connectivity index (χ4n) is 5.59. The van der Waals surface area contributed by atoms with Crippen molar-refractivity contribution >= 4 is 65.1 Å². The second-order valence-electron chi connectivity index (χ2n) is 11.7. The van der Waals surface area contributed by atoms with Crippen molar-refractivity contribution in [3.63, 3.8) is 0 Å². The van der Waals surface area contributed by atoms with Crippen LogP contribution in [-0.4, -0.2) is 55.3 Å².